The molecule has 2 aromatic rings. The zero-order chi connectivity index (χ0) is 12.1. The first-order chi connectivity index (χ1) is 8.24. The van der Waals surface area contributed by atoms with Crippen molar-refractivity contribution in [3.63, 3.8) is 0 Å². The van der Waals surface area contributed by atoms with Gasteiger partial charge in [-0.2, -0.15) is 11.3 Å². The molecule has 1 heterocycles. The number of hydrogen-bond acceptors (Lipinski definition) is 3. The smallest absolute Gasteiger partial charge is 0.248 e. The van der Waals surface area contributed by atoms with Crippen LogP contribution in [0.15, 0.2) is 47.2 Å². The van der Waals surface area contributed by atoms with Gasteiger partial charge in [0.05, 0.1) is 5.69 Å². The van der Waals surface area contributed by atoms with Gasteiger partial charge >= 0.3 is 0 Å². The SMILES string of the molecule is Nc1ccc(/C=C/C(=O)Nc2ccsc2)cc1. The lowest BCUT2D eigenvalue weighted by molar-refractivity contribution is -0.111. The molecule has 1 aromatic heterocycles. The molecule has 3 N–H and O–H groups in total. The van der Waals surface area contributed by atoms with Crippen LogP contribution in [0.5, 0.6) is 0 Å². The molecule has 0 bridgehead atoms. The van der Waals surface area contributed by atoms with E-state index in [1.54, 1.807) is 29.5 Å². The molecule has 0 fully saturated rings. The van der Waals surface area contributed by atoms with E-state index < -0.39 is 0 Å². The van der Waals surface area contributed by atoms with E-state index in [1.165, 1.54) is 6.08 Å². The number of thiophene rings is 1. The number of anilines is 2. The summed E-state index contributed by atoms with van der Waals surface area (Å²) in [6.07, 6.45) is 3.25. The highest BCUT2D eigenvalue weighted by molar-refractivity contribution is 7.08. The Kier molecular flexibility index (Phi) is 3.57. The molecule has 0 aliphatic heterocycles. The van der Waals surface area contributed by atoms with Gasteiger partial charge in [-0.15, -0.1) is 0 Å². The van der Waals surface area contributed by atoms with Crippen LogP contribution in [-0.4, -0.2) is 5.91 Å². The molecule has 0 radical (unpaired) electrons. The van der Waals surface area contributed by atoms with E-state index in [0.29, 0.717) is 5.69 Å². The van der Waals surface area contributed by atoms with Gasteiger partial charge in [0, 0.05) is 17.1 Å². The van der Waals surface area contributed by atoms with E-state index in [-0.39, 0.29) is 5.91 Å². The van der Waals surface area contributed by atoms with Crippen LogP contribution in [0.2, 0.25) is 0 Å². The number of carbonyl (C=O) groups is 1. The van der Waals surface area contributed by atoms with Crippen LogP contribution in [0.3, 0.4) is 0 Å². The topological polar surface area (TPSA) is 55.1 Å². The van der Waals surface area contributed by atoms with Crippen molar-refractivity contribution in [3.05, 3.63) is 52.7 Å². The molecule has 0 aliphatic rings. The predicted molar refractivity (Wildman–Crippen MR) is 72.8 cm³/mol. The third-order valence-electron chi connectivity index (χ3n) is 2.15. The van der Waals surface area contributed by atoms with Gasteiger partial charge in [-0.25, -0.2) is 0 Å². The lowest BCUT2D eigenvalue weighted by atomic mass is 10.2. The fourth-order valence-corrected chi connectivity index (χ4v) is 1.89. The third-order valence-corrected chi connectivity index (χ3v) is 2.84. The second-order valence-corrected chi connectivity index (χ2v) is 4.28. The molecular formula is C13H12N2OS. The van der Waals surface area contributed by atoms with Crippen molar-refractivity contribution in [2.75, 3.05) is 11.1 Å². The summed E-state index contributed by atoms with van der Waals surface area (Å²) in [5, 5.41) is 6.56. The second-order valence-electron chi connectivity index (χ2n) is 3.50. The zero-order valence-corrected chi connectivity index (χ0v) is 9.91. The van der Waals surface area contributed by atoms with Crippen LogP contribution in [0, 0.1) is 0 Å². The van der Waals surface area contributed by atoms with Crippen molar-refractivity contribution in [1.82, 2.24) is 0 Å². The Hall–Kier alpha value is -2.07. The maximum atomic E-state index is 11.5. The van der Waals surface area contributed by atoms with Crippen molar-refractivity contribution in [3.8, 4) is 0 Å². The maximum absolute atomic E-state index is 11.5. The summed E-state index contributed by atoms with van der Waals surface area (Å²) in [5.74, 6) is -0.139. The summed E-state index contributed by atoms with van der Waals surface area (Å²) in [6, 6.07) is 9.19. The Balaban J connectivity index is 1.96. The number of nitrogens with one attached hydrogen (secondary N) is 1. The fourth-order valence-electron chi connectivity index (χ4n) is 1.30. The molecule has 0 saturated carbocycles. The first kappa shape index (κ1) is 11.4. The van der Waals surface area contributed by atoms with Gasteiger partial charge in [-0.3, -0.25) is 4.79 Å². The lowest BCUT2D eigenvalue weighted by Gasteiger charge is -1.97. The number of rotatable bonds is 3. The summed E-state index contributed by atoms with van der Waals surface area (Å²) < 4.78 is 0. The molecule has 0 saturated heterocycles. The van der Waals surface area contributed by atoms with Crippen LogP contribution in [0.1, 0.15) is 5.56 Å². The van der Waals surface area contributed by atoms with Gasteiger partial charge < -0.3 is 11.1 Å². The molecule has 0 spiro atoms. The molecule has 0 aliphatic carbocycles. The number of amides is 1. The maximum Gasteiger partial charge on any atom is 0.248 e. The van der Waals surface area contributed by atoms with Crippen molar-refractivity contribution in [1.29, 1.82) is 0 Å². The molecule has 4 heteroatoms. The normalized spacial score (nSPS) is 10.6. The summed E-state index contributed by atoms with van der Waals surface area (Å²) in [5.41, 5.74) is 8.05. The minimum absolute atomic E-state index is 0.139. The van der Waals surface area contributed by atoms with Crippen molar-refractivity contribution >= 4 is 34.7 Å². The summed E-state index contributed by atoms with van der Waals surface area (Å²) in [6.45, 7) is 0. The molecule has 0 unspecified atom stereocenters. The van der Waals surface area contributed by atoms with E-state index >= 15 is 0 Å². The summed E-state index contributed by atoms with van der Waals surface area (Å²) in [7, 11) is 0. The first-order valence-corrected chi connectivity index (χ1v) is 6.05. The van der Waals surface area contributed by atoms with Gasteiger partial charge in [-0.05, 0) is 35.2 Å². The fraction of sp³-hybridized carbons (Fsp3) is 0. The van der Waals surface area contributed by atoms with Gasteiger partial charge in [0.25, 0.3) is 0 Å². The first-order valence-electron chi connectivity index (χ1n) is 5.11. The van der Waals surface area contributed by atoms with Crippen molar-refractivity contribution < 1.29 is 4.79 Å². The van der Waals surface area contributed by atoms with Crippen LogP contribution in [-0.2, 0) is 4.79 Å². The van der Waals surface area contributed by atoms with E-state index in [9.17, 15) is 4.79 Å². The molecular weight excluding hydrogens is 232 g/mol. The number of benzene rings is 1. The highest BCUT2D eigenvalue weighted by Crippen LogP contribution is 2.12. The van der Waals surface area contributed by atoms with E-state index in [4.69, 9.17) is 5.73 Å². The van der Waals surface area contributed by atoms with Gasteiger partial charge in [-0.1, -0.05) is 12.1 Å². The van der Waals surface area contributed by atoms with Crippen LogP contribution < -0.4 is 11.1 Å². The van der Waals surface area contributed by atoms with Crippen molar-refractivity contribution in [2.45, 2.75) is 0 Å². The van der Waals surface area contributed by atoms with E-state index in [1.807, 2.05) is 29.0 Å². The highest BCUT2D eigenvalue weighted by atomic mass is 32.1. The zero-order valence-electron chi connectivity index (χ0n) is 9.09. The average molecular weight is 244 g/mol. The largest absolute Gasteiger partial charge is 0.399 e. The average Bonchev–Trinajstić information content (AvgIpc) is 2.81. The predicted octanol–water partition coefficient (Wildman–Crippen LogP) is 2.98. The number of carbonyl (C=O) groups excluding carboxylic acids is 1. The van der Waals surface area contributed by atoms with Crippen molar-refractivity contribution in [2.24, 2.45) is 0 Å². The van der Waals surface area contributed by atoms with Gasteiger partial charge in [0.2, 0.25) is 5.91 Å². The molecule has 1 amide bonds. The minimum Gasteiger partial charge on any atom is -0.399 e. The van der Waals surface area contributed by atoms with E-state index in [0.717, 1.165) is 11.3 Å². The Bertz CT molecular complexity index is 515. The standard InChI is InChI=1S/C13H12N2OS/c14-11-4-1-10(2-5-11)3-6-13(16)15-12-7-8-17-9-12/h1-9H,14H2,(H,15,16)/b6-3+. The van der Waals surface area contributed by atoms with E-state index in [2.05, 4.69) is 5.32 Å². The molecule has 86 valence electrons. The third kappa shape index (κ3) is 3.46. The Labute approximate surface area is 104 Å². The summed E-state index contributed by atoms with van der Waals surface area (Å²) in [4.78, 5) is 11.5. The Morgan fingerprint density at radius 3 is 2.65 bits per heavy atom. The quantitative estimate of drug-likeness (QED) is 0.644. The van der Waals surface area contributed by atoms with Crippen LogP contribution >= 0.6 is 11.3 Å². The monoisotopic (exact) mass is 244 g/mol. The number of nitrogen functional groups attached to an aromatic ring is 1. The minimum atomic E-state index is -0.139. The molecule has 2 rings (SSSR count). The van der Waals surface area contributed by atoms with Gasteiger partial charge in [0.15, 0.2) is 0 Å². The van der Waals surface area contributed by atoms with Gasteiger partial charge in [0.1, 0.15) is 0 Å². The summed E-state index contributed by atoms with van der Waals surface area (Å²) >= 11 is 1.54. The number of nitrogens with two attached hydrogens (primary N) is 1. The Morgan fingerprint density at radius 2 is 2.00 bits per heavy atom. The van der Waals surface area contributed by atoms with Crippen LogP contribution in [0.25, 0.3) is 6.08 Å². The molecule has 0 atom stereocenters. The highest BCUT2D eigenvalue weighted by Gasteiger charge is 1.97. The molecule has 3 nitrogen and oxygen atoms in total. The van der Waals surface area contributed by atoms with Crippen LogP contribution in [0.4, 0.5) is 11.4 Å². The number of hydrogen-bond donors (Lipinski definition) is 2. The second kappa shape index (κ2) is 5.32. The lowest BCUT2D eigenvalue weighted by Crippen LogP contribution is -2.06. The Morgan fingerprint density at radius 1 is 1.24 bits per heavy atom. The molecule has 1 aromatic carbocycles. The molecule has 17 heavy (non-hydrogen) atoms.